The van der Waals surface area contributed by atoms with Gasteiger partial charge in [-0.25, -0.2) is 0 Å². The van der Waals surface area contributed by atoms with Gasteiger partial charge >= 0.3 is 0 Å². The van der Waals surface area contributed by atoms with E-state index in [0.717, 1.165) is 69.1 Å². The Morgan fingerprint density at radius 2 is 2.00 bits per heavy atom. The molecule has 0 saturated carbocycles. The molecule has 0 aromatic carbocycles. The highest BCUT2D eigenvalue weighted by Gasteiger charge is 2.30. The molecule has 0 unspecified atom stereocenters. The van der Waals surface area contributed by atoms with Crippen LogP contribution in [0.5, 0.6) is 0 Å². The number of fused-ring (bicyclic) bond motifs is 1. The minimum absolute atomic E-state index is 0.255. The summed E-state index contributed by atoms with van der Waals surface area (Å²) in [5.74, 6) is 0.255. The number of hydrogen-bond donors (Lipinski definition) is 1. The van der Waals surface area contributed by atoms with Crippen LogP contribution in [0, 0.1) is 0 Å². The standard InChI is InChI=1S/C16H25N3OS/c1-3-17-15-14(16(20)19-8-5-6-9-19)12-7-10-18(4-2)11-13(12)21-15/h17H,3-11H2,1-2H3. The maximum Gasteiger partial charge on any atom is 0.257 e. The lowest BCUT2D eigenvalue weighted by molar-refractivity contribution is 0.0792. The van der Waals surface area contributed by atoms with Gasteiger partial charge in [0.1, 0.15) is 5.00 Å². The molecule has 1 aromatic heterocycles. The third-order valence-corrected chi connectivity index (χ3v) is 5.70. The fourth-order valence-electron chi connectivity index (χ4n) is 3.32. The second-order valence-corrected chi connectivity index (χ2v) is 6.96. The fourth-order valence-corrected chi connectivity index (χ4v) is 4.67. The molecule has 116 valence electrons. The molecule has 0 atom stereocenters. The molecule has 0 aliphatic carbocycles. The topological polar surface area (TPSA) is 35.6 Å². The molecule has 1 amide bonds. The summed E-state index contributed by atoms with van der Waals surface area (Å²) < 4.78 is 0. The maximum atomic E-state index is 12.9. The highest BCUT2D eigenvalue weighted by atomic mass is 32.1. The van der Waals surface area contributed by atoms with E-state index in [4.69, 9.17) is 0 Å². The van der Waals surface area contributed by atoms with Crippen molar-refractivity contribution in [2.45, 2.75) is 39.7 Å². The molecule has 2 aliphatic heterocycles. The van der Waals surface area contributed by atoms with Crippen LogP contribution in [-0.4, -0.2) is 48.4 Å². The summed E-state index contributed by atoms with van der Waals surface area (Å²) in [7, 11) is 0. The number of hydrogen-bond acceptors (Lipinski definition) is 4. The molecule has 2 aliphatic rings. The van der Waals surface area contributed by atoms with Crippen LogP contribution < -0.4 is 5.32 Å². The summed E-state index contributed by atoms with van der Waals surface area (Å²) in [4.78, 5) is 18.8. The SMILES string of the molecule is CCNc1sc2c(c1C(=O)N1CCCC1)CCN(CC)C2. The predicted molar refractivity (Wildman–Crippen MR) is 88.3 cm³/mol. The molecule has 1 saturated heterocycles. The Balaban J connectivity index is 1.93. The second-order valence-electron chi connectivity index (χ2n) is 5.86. The fraction of sp³-hybridized carbons (Fsp3) is 0.688. The largest absolute Gasteiger partial charge is 0.377 e. The Kier molecular flexibility index (Phi) is 4.50. The number of nitrogens with zero attached hydrogens (tertiary/aromatic N) is 2. The Morgan fingerprint density at radius 3 is 2.67 bits per heavy atom. The Bertz CT molecular complexity index is 520. The van der Waals surface area contributed by atoms with Crippen LogP contribution in [0.2, 0.25) is 0 Å². The number of carbonyl (C=O) groups excluding carboxylic acids is 1. The maximum absolute atomic E-state index is 12.9. The molecular weight excluding hydrogens is 282 g/mol. The summed E-state index contributed by atoms with van der Waals surface area (Å²) in [6, 6.07) is 0. The van der Waals surface area contributed by atoms with E-state index >= 15 is 0 Å². The molecule has 5 heteroatoms. The highest BCUT2D eigenvalue weighted by Crippen LogP contribution is 2.38. The van der Waals surface area contributed by atoms with Crippen LogP contribution >= 0.6 is 11.3 Å². The first-order valence-electron chi connectivity index (χ1n) is 8.14. The summed E-state index contributed by atoms with van der Waals surface area (Å²) in [6.45, 7) is 10.2. The predicted octanol–water partition coefficient (Wildman–Crippen LogP) is 2.79. The minimum Gasteiger partial charge on any atom is -0.377 e. The van der Waals surface area contributed by atoms with Gasteiger partial charge < -0.3 is 10.2 Å². The van der Waals surface area contributed by atoms with Crippen molar-refractivity contribution in [3.05, 3.63) is 16.0 Å². The summed E-state index contributed by atoms with van der Waals surface area (Å²) in [5.41, 5.74) is 2.30. The number of likely N-dealkylation sites (tertiary alicyclic amines) is 1. The molecule has 1 fully saturated rings. The van der Waals surface area contributed by atoms with Gasteiger partial charge in [0.2, 0.25) is 0 Å². The van der Waals surface area contributed by atoms with Crippen molar-refractivity contribution in [1.29, 1.82) is 0 Å². The summed E-state index contributed by atoms with van der Waals surface area (Å²) in [5, 5.41) is 4.52. The molecule has 3 rings (SSSR count). The van der Waals surface area contributed by atoms with Gasteiger partial charge in [0, 0.05) is 37.6 Å². The Labute approximate surface area is 131 Å². The molecule has 1 aromatic rings. The molecule has 0 bridgehead atoms. The van der Waals surface area contributed by atoms with E-state index in [9.17, 15) is 4.79 Å². The molecule has 0 radical (unpaired) electrons. The van der Waals surface area contributed by atoms with E-state index in [1.165, 1.54) is 10.4 Å². The van der Waals surface area contributed by atoms with Gasteiger partial charge in [-0.2, -0.15) is 0 Å². The normalized spacial score (nSPS) is 18.9. The number of amides is 1. The Morgan fingerprint density at radius 1 is 1.24 bits per heavy atom. The lowest BCUT2D eigenvalue weighted by atomic mass is 10.0. The van der Waals surface area contributed by atoms with Crippen LogP contribution in [0.15, 0.2) is 0 Å². The summed E-state index contributed by atoms with van der Waals surface area (Å²) in [6.07, 6.45) is 3.32. The van der Waals surface area contributed by atoms with E-state index in [0.29, 0.717) is 0 Å². The van der Waals surface area contributed by atoms with Crippen molar-refractivity contribution >= 4 is 22.2 Å². The van der Waals surface area contributed by atoms with Crippen molar-refractivity contribution in [3.63, 3.8) is 0 Å². The zero-order chi connectivity index (χ0) is 14.8. The first kappa shape index (κ1) is 14.9. The lowest BCUT2D eigenvalue weighted by Crippen LogP contribution is -2.32. The number of likely N-dealkylation sites (N-methyl/N-ethyl adjacent to an activating group) is 1. The Hall–Kier alpha value is -1.07. The van der Waals surface area contributed by atoms with Gasteiger partial charge in [-0.1, -0.05) is 6.92 Å². The van der Waals surface area contributed by atoms with Crippen LogP contribution in [0.3, 0.4) is 0 Å². The number of carbonyl (C=O) groups is 1. The van der Waals surface area contributed by atoms with Gasteiger partial charge in [-0.15, -0.1) is 11.3 Å². The molecule has 3 heterocycles. The van der Waals surface area contributed by atoms with Gasteiger partial charge in [0.05, 0.1) is 5.56 Å². The van der Waals surface area contributed by atoms with Crippen molar-refractivity contribution in [3.8, 4) is 0 Å². The van der Waals surface area contributed by atoms with Crippen LogP contribution in [0.1, 0.15) is 47.5 Å². The van der Waals surface area contributed by atoms with Crippen LogP contribution in [0.4, 0.5) is 5.00 Å². The number of nitrogens with one attached hydrogen (secondary N) is 1. The third kappa shape index (κ3) is 2.81. The zero-order valence-corrected chi connectivity index (χ0v) is 13.9. The smallest absolute Gasteiger partial charge is 0.257 e. The number of anilines is 1. The van der Waals surface area contributed by atoms with Gasteiger partial charge in [0.25, 0.3) is 5.91 Å². The van der Waals surface area contributed by atoms with E-state index in [1.54, 1.807) is 11.3 Å². The van der Waals surface area contributed by atoms with E-state index in [1.807, 2.05) is 4.90 Å². The van der Waals surface area contributed by atoms with Crippen molar-refractivity contribution < 1.29 is 4.79 Å². The first-order chi connectivity index (χ1) is 10.2. The zero-order valence-electron chi connectivity index (χ0n) is 13.1. The highest BCUT2D eigenvalue weighted by molar-refractivity contribution is 7.16. The van der Waals surface area contributed by atoms with Gasteiger partial charge in [-0.05, 0) is 38.3 Å². The quantitative estimate of drug-likeness (QED) is 0.929. The second kappa shape index (κ2) is 6.36. The van der Waals surface area contributed by atoms with Gasteiger partial charge in [-0.3, -0.25) is 9.69 Å². The van der Waals surface area contributed by atoms with Crippen molar-refractivity contribution in [2.75, 3.05) is 38.0 Å². The van der Waals surface area contributed by atoms with Crippen molar-refractivity contribution in [1.82, 2.24) is 9.80 Å². The van der Waals surface area contributed by atoms with E-state index in [2.05, 4.69) is 24.1 Å². The number of rotatable bonds is 4. The minimum atomic E-state index is 0.255. The average molecular weight is 307 g/mol. The average Bonchev–Trinajstić information content (AvgIpc) is 3.13. The van der Waals surface area contributed by atoms with Gasteiger partial charge in [0.15, 0.2) is 0 Å². The monoisotopic (exact) mass is 307 g/mol. The molecule has 21 heavy (non-hydrogen) atoms. The molecule has 4 nitrogen and oxygen atoms in total. The van der Waals surface area contributed by atoms with E-state index in [-0.39, 0.29) is 5.91 Å². The lowest BCUT2D eigenvalue weighted by Gasteiger charge is -2.26. The summed E-state index contributed by atoms with van der Waals surface area (Å²) >= 11 is 1.79. The molecule has 0 spiro atoms. The van der Waals surface area contributed by atoms with Crippen LogP contribution in [-0.2, 0) is 13.0 Å². The number of thiophene rings is 1. The van der Waals surface area contributed by atoms with Crippen molar-refractivity contribution in [2.24, 2.45) is 0 Å². The van der Waals surface area contributed by atoms with E-state index < -0.39 is 0 Å². The van der Waals surface area contributed by atoms with Crippen LogP contribution in [0.25, 0.3) is 0 Å². The molecule has 1 N–H and O–H groups in total. The first-order valence-corrected chi connectivity index (χ1v) is 8.96. The molecular formula is C16H25N3OS. The third-order valence-electron chi connectivity index (χ3n) is 4.53.